The van der Waals surface area contributed by atoms with Gasteiger partial charge in [-0.3, -0.25) is 4.79 Å². The van der Waals surface area contributed by atoms with Crippen molar-refractivity contribution in [2.24, 2.45) is 5.73 Å². The summed E-state index contributed by atoms with van der Waals surface area (Å²) < 4.78 is 5.31. The highest BCUT2D eigenvalue weighted by Crippen LogP contribution is 2.30. The van der Waals surface area contributed by atoms with Gasteiger partial charge >= 0.3 is 0 Å². The van der Waals surface area contributed by atoms with Gasteiger partial charge in [-0.2, -0.15) is 0 Å². The molecule has 1 amide bonds. The zero-order chi connectivity index (χ0) is 15.0. The highest BCUT2D eigenvalue weighted by atomic mass is 32.2. The Morgan fingerprint density at radius 3 is 2.75 bits per heavy atom. The topological polar surface area (TPSA) is 64.3 Å². The van der Waals surface area contributed by atoms with Crippen LogP contribution in [0.1, 0.15) is 26.7 Å². The number of rotatable bonds is 9. The Balaban J connectivity index is 2.58. The number of benzene rings is 1. The standard InChI is InChI=1S/C15H24N2O2S/c1-4-10-17-15(2,14(16)18)9-11-20-13-8-6-5-7-12(13)19-3/h5-8,17H,4,9-11H2,1-3H3,(H2,16,18). The van der Waals surface area contributed by atoms with Gasteiger partial charge in [0, 0.05) is 10.6 Å². The molecule has 0 aliphatic carbocycles. The van der Waals surface area contributed by atoms with Crippen LogP contribution in [0.25, 0.3) is 0 Å². The van der Waals surface area contributed by atoms with E-state index in [0.717, 1.165) is 29.4 Å². The Kier molecular flexibility index (Phi) is 6.88. The van der Waals surface area contributed by atoms with E-state index >= 15 is 0 Å². The second kappa shape index (κ2) is 8.17. The molecule has 0 heterocycles. The minimum Gasteiger partial charge on any atom is -0.496 e. The van der Waals surface area contributed by atoms with E-state index in [4.69, 9.17) is 10.5 Å². The van der Waals surface area contributed by atoms with E-state index in [2.05, 4.69) is 12.2 Å². The van der Waals surface area contributed by atoms with Gasteiger partial charge in [0.1, 0.15) is 5.75 Å². The van der Waals surface area contributed by atoms with Gasteiger partial charge in [0.25, 0.3) is 0 Å². The Morgan fingerprint density at radius 1 is 1.45 bits per heavy atom. The summed E-state index contributed by atoms with van der Waals surface area (Å²) >= 11 is 1.68. The largest absolute Gasteiger partial charge is 0.496 e. The summed E-state index contributed by atoms with van der Waals surface area (Å²) in [5.74, 6) is 1.36. The van der Waals surface area contributed by atoms with Crippen LogP contribution in [0.3, 0.4) is 0 Å². The summed E-state index contributed by atoms with van der Waals surface area (Å²) in [5.41, 5.74) is 4.86. The minimum atomic E-state index is -0.648. The number of hydrogen-bond acceptors (Lipinski definition) is 4. The Hall–Kier alpha value is -1.20. The summed E-state index contributed by atoms with van der Waals surface area (Å²) in [7, 11) is 1.66. The van der Waals surface area contributed by atoms with Gasteiger partial charge < -0.3 is 15.8 Å². The molecule has 0 saturated carbocycles. The Labute approximate surface area is 125 Å². The number of thioether (sulfide) groups is 1. The lowest BCUT2D eigenvalue weighted by atomic mass is 9.98. The molecule has 1 aromatic rings. The predicted molar refractivity (Wildman–Crippen MR) is 84.2 cm³/mol. The predicted octanol–water partition coefficient (Wildman–Crippen LogP) is 2.42. The van der Waals surface area contributed by atoms with Crippen LogP contribution in [-0.2, 0) is 4.79 Å². The fourth-order valence-corrected chi connectivity index (χ4v) is 3.00. The highest BCUT2D eigenvalue weighted by molar-refractivity contribution is 7.99. The Morgan fingerprint density at radius 2 is 2.15 bits per heavy atom. The number of nitrogens with two attached hydrogens (primary N) is 1. The van der Waals surface area contributed by atoms with Crippen LogP contribution < -0.4 is 15.8 Å². The molecule has 20 heavy (non-hydrogen) atoms. The van der Waals surface area contributed by atoms with Crippen molar-refractivity contribution < 1.29 is 9.53 Å². The average molecular weight is 296 g/mol. The summed E-state index contributed by atoms with van der Waals surface area (Å²) in [6, 6.07) is 7.88. The third kappa shape index (κ3) is 4.72. The van der Waals surface area contributed by atoms with Crippen LogP contribution in [0.4, 0.5) is 0 Å². The molecular weight excluding hydrogens is 272 g/mol. The van der Waals surface area contributed by atoms with E-state index in [1.165, 1.54) is 0 Å². The van der Waals surface area contributed by atoms with Crippen molar-refractivity contribution in [1.29, 1.82) is 0 Å². The zero-order valence-corrected chi connectivity index (χ0v) is 13.3. The van der Waals surface area contributed by atoms with E-state index in [1.807, 2.05) is 31.2 Å². The van der Waals surface area contributed by atoms with Gasteiger partial charge in [0.05, 0.1) is 12.6 Å². The molecule has 0 saturated heterocycles. The lowest BCUT2D eigenvalue weighted by molar-refractivity contribution is -0.123. The minimum absolute atomic E-state index is 0.299. The molecule has 0 aromatic heterocycles. The van der Waals surface area contributed by atoms with E-state index in [9.17, 15) is 4.79 Å². The van der Waals surface area contributed by atoms with E-state index in [1.54, 1.807) is 18.9 Å². The first kappa shape index (κ1) is 16.9. The molecule has 1 atom stereocenters. The number of nitrogens with one attached hydrogen (secondary N) is 1. The van der Waals surface area contributed by atoms with Crippen LogP contribution in [0.2, 0.25) is 0 Å². The first-order chi connectivity index (χ1) is 9.53. The number of methoxy groups -OCH3 is 1. The third-order valence-electron chi connectivity index (χ3n) is 3.24. The Bertz CT molecular complexity index is 440. The van der Waals surface area contributed by atoms with Crippen LogP contribution in [-0.4, -0.2) is 30.9 Å². The summed E-state index contributed by atoms with van der Waals surface area (Å²) in [6.45, 7) is 4.73. The van der Waals surface area contributed by atoms with Gasteiger partial charge in [-0.25, -0.2) is 0 Å². The number of para-hydroxylation sites is 1. The molecule has 0 aliphatic heterocycles. The smallest absolute Gasteiger partial charge is 0.237 e. The lowest BCUT2D eigenvalue weighted by Crippen LogP contribution is -2.53. The van der Waals surface area contributed by atoms with Crippen molar-refractivity contribution in [1.82, 2.24) is 5.32 Å². The van der Waals surface area contributed by atoms with Gasteiger partial charge in [0.2, 0.25) is 5.91 Å². The van der Waals surface area contributed by atoms with Gasteiger partial charge in [-0.05, 0) is 38.4 Å². The van der Waals surface area contributed by atoms with E-state index in [0.29, 0.717) is 6.42 Å². The third-order valence-corrected chi connectivity index (χ3v) is 4.29. The molecule has 0 fully saturated rings. The normalized spacial score (nSPS) is 13.8. The SMILES string of the molecule is CCCNC(C)(CCSc1ccccc1OC)C(N)=O. The van der Waals surface area contributed by atoms with Crippen LogP contribution in [0.5, 0.6) is 5.75 Å². The van der Waals surface area contributed by atoms with E-state index < -0.39 is 5.54 Å². The zero-order valence-electron chi connectivity index (χ0n) is 12.4. The molecule has 3 N–H and O–H groups in total. The maximum absolute atomic E-state index is 11.6. The summed E-state index contributed by atoms with van der Waals surface area (Å²) in [5, 5.41) is 3.24. The number of primary amides is 1. The molecule has 1 unspecified atom stereocenters. The molecule has 0 radical (unpaired) electrons. The van der Waals surface area contributed by atoms with Gasteiger partial charge in [0.15, 0.2) is 0 Å². The van der Waals surface area contributed by atoms with Crippen molar-refractivity contribution in [3.8, 4) is 5.75 Å². The second-order valence-electron chi connectivity index (χ2n) is 4.87. The van der Waals surface area contributed by atoms with Crippen molar-refractivity contribution in [3.63, 3.8) is 0 Å². The first-order valence-electron chi connectivity index (χ1n) is 6.84. The molecule has 5 heteroatoms. The number of ether oxygens (including phenoxy) is 1. The summed E-state index contributed by atoms with van der Waals surface area (Å²) in [4.78, 5) is 12.7. The number of carbonyl (C=O) groups is 1. The van der Waals surface area contributed by atoms with Gasteiger partial charge in [-0.1, -0.05) is 19.1 Å². The molecule has 4 nitrogen and oxygen atoms in total. The first-order valence-corrected chi connectivity index (χ1v) is 7.83. The van der Waals surface area contributed by atoms with Crippen LogP contribution >= 0.6 is 11.8 Å². The number of carbonyl (C=O) groups excluding carboxylic acids is 1. The second-order valence-corrected chi connectivity index (χ2v) is 6.01. The molecule has 0 aliphatic rings. The number of amides is 1. The molecule has 112 valence electrons. The van der Waals surface area contributed by atoms with E-state index in [-0.39, 0.29) is 5.91 Å². The quantitative estimate of drug-likeness (QED) is 0.687. The maximum atomic E-state index is 11.6. The van der Waals surface area contributed by atoms with Crippen molar-refractivity contribution >= 4 is 17.7 Å². The molecular formula is C15H24N2O2S. The van der Waals surface area contributed by atoms with Crippen LogP contribution in [0, 0.1) is 0 Å². The monoisotopic (exact) mass is 296 g/mol. The van der Waals surface area contributed by atoms with Crippen LogP contribution in [0.15, 0.2) is 29.2 Å². The van der Waals surface area contributed by atoms with Crippen molar-refractivity contribution in [3.05, 3.63) is 24.3 Å². The molecule has 1 aromatic carbocycles. The molecule has 0 spiro atoms. The number of hydrogen-bond donors (Lipinski definition) is 2. The van der Waals surface area contributed by atoms with Crippen molar-refractivity contribution in [2.45, 2.75) is 37.1 Å². The fraction of sp³-hybridized carbons (Fsp3) is 0.533. The summed E-state index contributed by atoms with van der Waals surface area (Å²) in [6.07, 6.45) is 1.66. The fourth-order valence-electron chi connectivity index (χ4n) is 1.80. The maximum Gasteiger partial charge on any atom is 0.237 e. The average Bonchev–Trinajstić information content (AvgIpc) is 2.45. The highest BCUT2D eigenvalue weighted by Gasteiger charge is 2.29. The molecule has 0 bridgehead atoms. The van der Waals surface area contributed by atoms with Crippen molar-refractivity contribution in [2.75, 3.05) is 19.4 Å². The van der Waals surface area contributed by atoms with Gasteiger partial charge in [-0.15, -0.1) is 11.8 Å². The lowest BCUT2D eigenvalue weighted by Gasteiger charge is -2.27. The molecule has 1 rings (SSSR count).